The predicted octanol–water partition coefficient (Wildman–Crippen LogP) is 1.88. The van der Waals surface area contributed by atoms with Gasteiger partial charge in [-0.05, 0) is 31.0 Å². The van der Waals surface area contributed by atoms with Crippen LogP contribution in [0.5, 0.6) is 0 Å². The highest BCUT2D eigenvalue weighted by Gasteiger charge is 2.31. The summed E-state index contributed by atoms with van der Waals surface area (Å²) in [6.07, 6.45) is 0.419. The molecule has 0 aliphatic carbocycles. The van der Waals surface area contributed by atoms with Crippen molar-refractivity contribution in [2.45, 2.75) is 37.8 Å². The van der Waals surface area contributed by atoms with Crippen LogP contribution in [0.1, 0.15) is 20.8 Å². The second-order valence-electron chi connectivity index (χ2n) is 5.91. The Bertz CT molecular complexity index is 764. The van der Waals surface area contributed by atoms with Crippen LogP contribution in [0.25, 0.3) is 0 Å². The van der Waals surface area contributed by atoms with Crippen molar-refractivity contribution in [2.75, 3.05) is 6.54 Å². The highest BCUT2D eigenvalue weighted by Crippen LogP contribution is 2.17. The first-order valence-electron chi connectivity index (χ1n) is 7.95. The van der Waals surface area contributed by atoms with Crippen molar-refractivity contribution in [3.8, 4) is 0 Å². The minimum absolute atomic E-state index is 0.0692. The number of hydrogen-bond acceptors (Lipinski definition) is 5. The fourth-order valence-electron chi connectivity index (χ4n) is 1.94. The lowest BCUT2D eigenvalue weighted by molar-refractivity contribution is -0.157. The van der Waals surface area contributed by atoms with E-state index in [0.717, 1.165) is 0 Å². The molecule has 0 aliphatic rings. The highest BCUT2D eigenvalue weighted by molar-refractivity contribution is 7.89. The van der Waals surface area contributed by atoms with E-state index in [4.69, 9.17) is 16.3 Å². The summed E-state index contributed by atoms with van der Waals surface area (Å²) in [5.41, 5.74) is 0. The molecule has 1 rings (SSSR count). The quantitative estimate of drug-likeness (QED) is 0.485. The first kappa shape index (κ1) is 22.1. The van der Waals surface area contributed by atoms with Gasteiger partial charge in [-0.2, -0.15) is 4.72 Å². The first-order chi connectivity index (χ1) is 12.1. The zero-order valence-electron chi connectivity index (χ0n) is 14.9. The van der Waals surface area contributed by atoms with E-state index in [2.05, 4.69) is 16.6 Å². The molecule has 0 bridgehead atoms. The topological polar surface area (TPSA) is 102 Å². The van der Waals surface area contributed by atoms with E-state index in [0.29, 0.717) is 0 Å². The molecule has 2 N–H and O–H groups in total. The van der Waals surface area contributed by atoms with Gasteiger partial charge in [0.2, 0.25) is 10.0 Å². The molecule has 0 radical (unpaired) electrons. The monoisotopic (exact) mass is 402 g/mol. The molecule has 0 spiro atoms. The lowest BCUT2D eigenvalue weighted by Gasteiger charge is -2.22. The summed E-state index contributed by atoms with van der Waals surface area (Å²) in [6.45, 7) is 8.43. The van der Waals surface area contributed by atoms with Gasteiger partial charge in [0.05, 0.1) is 4.90 Å². The Morgan fingerprint density at radius 2 is 1.96 bits per heavy atom. The van der Waals surface area contributed by atoms with E-state index in [1.165, 1.54) is 37.3 Å². The average molecular weight is 403 g/mol. The number of hydrogen-bond donors (Lipinski definition) is 2. The molecule has 0 aliphatic heterocycles. The molecule has 2 atom stereocenters. The maximum absolute atomic E-state index is 12.5. The number of benzene rings is 1. The van der Waals surface area contributed by atoms with Gasteiger partial charge in [-0.3, -0.25) is 9.59 Å². The predicted molar refractivity (Wildman–Crippen MR) is 99.2 cm³/mol. The summed E-state index contributed by atoms with van der Waals surface area (Å²) in [5.74, 6) is -1.75. The van der Waals surface area contributed by atoms with Gasteiger partial charge in [-0.25, -0.2) is 8.42 Å². The molecule has 1 amide bonds. The van der Waals surface area contributed by atoms with E-state index < -0.39 is 40.0 Å². The smallest absolute Gasteiger partial charge is 0.325 e. The fourth-order valence-corrected chi connectivity index (χ4v) is 3.58. The van der Waals surface area contributed by atoms with Crippen LogP contribution in [-0.4, -0.2) is 39.0 Å². The number of ether oxygens (including phenoxy) is 1. The van der Waals surface area contributed by atoms with Gasteiger partial charge >= 0.3 is 5.97 Å². The Hall–Kier alpha value is -1.90. The van der Waals surface area contributed by atoms with E-state index in [1.54, 1.807) is 13.8 Å². The number of esters is 1. The Labute approximate surface area is 158 Å². The Balaban J connectivity index is 2.90. The van der Waals surface area contributed by atoms with Crippen molar-refractivity contribution in [1.82, 2.24) is 10.0 Å². The minimum Gasteiger partial charge on any atom is -0.451 e. The zero-order chi connectivity index (χ0) is 19.9. The molecule has 0 saturated heterocycles. The number of nitrogens with one attached hydrogen (secondary N) is 2. The van der Waals surface area contributed by atoms with Crippen molar-refractivity contribution in [1.29, 1.82) is 0 Å². The number of halogens is 1. The summed E-state index contributed by atoms with van der Waals surface area (Å²) in [5, 5.41) is 2.75. The third-order valence-corrected chi connectivity index (χ3v) is 5.07. The van der Waals surface area contributed by atoms with Gasteiger partial charge in [0.1, 0.15) is 6.04 Å². The van der Waals surface area contributed by atoms with E-state index in [-0.39, 0.29) is 16.5 Å². The largest absolute Gasteiger partial charge is 0.451 e. The van der Waals surface area contributed by atoms with Crippen LogP contribution < -0.4 is 10.0 Å². The maximum atomic E-state index is 12.5. The minimum atomic E-state index is -3.99. The molecular formula is C17H23ClN2O5S. The molecule has 0 aromatic heterocycles. The second-order valence-corrected chi connectivity index (χ2v) is 8.06. The maximum Gasteiger partial charge on any atom is 0.325 e. The number of carbonyl (C=O) groups is 2. The lowest BCUT2D eigenvalue weighted by atomic mass is 10.1. The molecule has 1 aromatic rings. The fraction of sp³-hybridized carbons (Fsp3) is 0.412. The van der Waals surface area contributed by atoms with E-state index >= 15 is 0 Å². The van der Waals surface area contributed by atoms with Crippen LogP contribution in [0.4, 0.5) is 0 Å². The molecule has 1 aromatic carbocycles. The van der Waals surface area contributed by atoms with Gasteiger partial charge in [-0.15, -0.1) is 6.58 Å². The molecule has 0 fully saturated rings. The Kier molecular flexibility index (Phi) is 8.26. The van der Waals surface area contributed by atoms with E-state index in [1.807, 2.05) is 0 Å². The summed E-state index contributed by atoms with van der Waals surface area (Å²) in [4.78, 5) is 24.1. The van der Waals surface area contributed by atoms with Crippen molar-refractivity contribution < 1.29 is 22.7 Å². The van der Waals surface area contributed by atoms with Crippen LogP contribution >= 0.6 is 11.6 Å². The normalized spacial score (nSPS) is 13.7. The Morgan fingerprint density at radius 3 is 2.50 bits per heavy atom. The molecule has 0 heterocycles. The van der Waals surface area contributed by atoms with Crippen LogP contribution in [0, 0.1) is 5.92 Å². The standard InChI is InChI=1S/C17H23ClN2O5S/c1-5-9-19-16(21)12(4)25-17(22)15(11(2)3)20-26(23,24)14-8-6-7-13(18)10-14/h5-8,10-12,15,20H,1,9H2,2-4H3,(H,19,21)/t12-,15+/m1/s1. The average Bonchev–Trinajstić information content (AvgIpc) is 2.57. The molecule has 0 unspecified atom stereocenters. The molecular weight excluding hydrogens is 380 g/mol. The van der Waals surface area contributed by atoms with Crippen LogP contribution in [-0.2, 0) is 24.3 Å². The number of rotatable bonds is 9. The third-order valence-electron chi connectivity index (χ3n) is 3.39. The van der Waals surface area contributed by atoms with Crippen molar-refractivity contribution in [3.63, 3.8) is 0 Å². The van der Waals surface area contributed by atoms with Crippen LogP contribution in [0.15, 0.2) is 41.8 Å². The molecule has 9 heteroatoms. The molecule has 0 saturated carbocycles. The van der Waals surface area contributed by atoms with Gasteiger partial charge in [0, 0.05) is 11.6 Å². The first-order valence-corrected chi connectivity index (χ1v) is 9.81. The lowest BCUT2D eigenvalue weighted by Crippen LogP contribution is -2.47. The number of amides is 1. The molecule has 7 nitrogen and oxygen atoms in total. The van der Waals surface area contributed by atoms with Crippen LogP contribution in [0.3, 0.4) is 0 Å². The van der Waals surface area contributed by atoms with Gasteiger partial charge < -0.3 is 10.1 Å². The van der Waals surface area contributed by atoms with Crippen molar-refractivity contribution in [3.05, 3.63) is 41.9 Å². The summed E-state index contributed by atoms with van der Waals surface area (Å²) < 4.78 is 32.4. The Morgan fingerprint density at radius 1 is 1.31 bits per heavy atom. The van der Waals surface area contributed by atoms with Gasteiger partial charge in [0.15, 0.2) is 6.10 Å². The molecule has 26 heavy (non-hydrogen) atoms. The molecule has 144 valence electrons. The highest BCUT2D eigenvalue weighted by atomic mass is 35.5. The summed E-state index contributed by atoms with van der Waals surface area (Å²) in [6, 6.07) is 4.51. The summed E-state index contributed by atoms with van der Waals surface area (Å²) >= 11 is 5.82. The second kappa shape index (κ2) is 9.70. The van der Waals surface area contributed by atoms with Gasteiger partial charge in [0.25, 0.3) is 5.91 Å². The van der Waals surface area contributed by atoms with Crippen LogP contribution in [0.2, 0.25) is 5.02 Å². The SMILES string of the molecule is C=CCNC(=O)[C@@H](C)OC(=O)[C@@H](NS(=O)(=O)c1cccc(Cl)c1)C(C)C. The third kappa shape index (κ3) is 6.44. The van der Waals surface area contributed by atoms with Gasteiger partial charge in [-0.1, -0.05) is 37.6 Å². The number of carbonyl (C=O) groups excluding carboxylic acids is 2. The van der Waals surface area contributed by atoms with E-state index in [9.17, 15) is 18.0 Å². The van der Waals surface area contributed by atoms with Crippen molar-refractivity contribution >= 4 is 33.5 Å². The zero-order valence-corrected chi connectivity index (χ0v) is 16.4. The summed E-state index contributed by atoms with van der Waals surface area (Å²) in [7, 11) is -3.99. The number of sulfonamides is 1. The van der Waals surface area contributed by atoms with Crippen molar-refractivity contribution in [2.24, 2.45) is 5.92 Å².